The van der Waals surface area contributed by atoms with E-state index in [4.69, 9.17) is 5.11 Å². The highest BCUT2D eigenvalue weighted by molar-refractivity contribution is 7.87. The van der Waals surface area contributed by atoms with Crippen molar-refractivity contribution in [3.63, 3.8) is 0 Å². The third-order valence-corrected chi connectivity index (χ3v) is 5.85. The zero-order valence-electron chi connectivity index (χ0n) is 17.3. The Balaban J connectivity index is 3.34. The Morgan fingerprint density at radius 2 is 1.04 bits per heavy atom. The number of hydrogen-bond acceptors (Lipinski definition) is 3. The maximum Gasteiger partial charge on any atom is 0.303 e. The van der Waals surface area contributed by atoms with Gasteiger partial charge in [0.2, 0.25) is 0 Å². The van der Waals surface area contributed by atoms with Gasteiger partial charge in [-0.3, -0.25) is 4.79 Å². The van der Waals surface area contributed by atoms with Gasteiger partial charge in [0.15, 0.2) is 0 Å². The molecule has 0 atom stereocenters. The van der Waals surface area contributed by atoms with Crippen LogP contribution in [0.1, 0.15) is 110 Å². The van der Waals surface area contributed by atoms with E-state index in [1.807, 2.05) is 0 Å². The molecular weight excluding hydrogens is 364 g/mol. The largest absolute Gasteiger partial charge is 0.481 e. The molecular formula is C20H42N2O4S. The van der Waals surface area contributed by atoms with Gasteiger partial charge < -0.3 is 5.11 Å². The van der Waals surface area contributed by atoms with Crippen LogP contribution in [0.15, 0.2) is 0 Å². The second-order valence-electron chi connectivity index (χ2n) is 7.39. The van der Waals surface area contributed by atoms with E-state index in [2.05, 4.69) is 16.4 Å². The standard InChI is InChI=1S/C20H42N2O4S/c1-2-3-4-5-6-7-8-9-10-11-12-15-18-21-27(25,26)22-19-16-13-14-17-20(23)24/h21-22H,2-19H2,1H3,(H,23,24). The normalized spacial score (nSPS) is 11.7. The minimum Gasteiger partial charge on any atom is -0.481 e. The molecule has 162 valence electrons. The predicted molar refractivity (Wildman–Crippen MR) is 112 cm³/mol. The lowest BCUT2D eigenvalue weighted by Crippen LogP contribution is -2.37. The van der Waals surface area contributed by atoms with E-state index in [1.165, 1.54) is 64.2 Å². The zero-order chi connectivity index (χ0) is 20.2. The SMILES string of the molecule is CCCCCCCCCCCCCCNS(=O)(=O)NCCCCCC(=O)O. The first kappa shape index (κ1) is 26.3. The molecule has 0 saturated heterocycles. The number of carboxylic acids is 1. The van der Waals surface area contributed by atoms with Crippen molar-refractivity contribution < 1.29 is 18.3 Å². The van der Waals surface area contributed by atoms with Gasteiger partial charge >= 0.3 is 5.97 Å². The van der Waals surface area contributed by atoms with Crippen LogP contribution in [0.3, 0.4) is 0 Å². The van der Waals surface area contributed by atoms with E-state index in [0.29, 0.717) is 32.4 Å². The zero-order valence-corrected chi connectivity index (χ0v) is 18.1. The first-order valence-electron chi connectivity index (χ1n) is 10.9. The van der Waals surface area contributed by atoms with E-state index in [9.17, 15) is 13.2 Å². The van der Waals surface area contributed by atoms with Gasteiger partial charge in [0.05, 0.1) is 0 Å². The van der Waals surface area contributed by atoms with Crippen LogP contribution < -0.4 is 9.44 Å². The average Bonchev–Trinajstić information content (AvgIpc) is 2.61. The number of aliphatic carboxylic acids is 1. The Morgan fingerprint density at radius 1 is 0.667 bits per heavy atom. The summed E-state index contributed by atoms with van der Waals surface area (Å²) in [5, 5.41) is 8.53. The number of hydrogen-bond donors (Lipinski definition) is 3. The molecule has 0 spiro atoms. The highest BCUT2D eigenvalue weighted by Gasteiger charge is 2.07. The van der Waals surface area contributed by atoms with Crippen molar-refractivity contribution >= 4 is 16.2 Å². The van der Waals surface area contributed by atoms with Crippen LogP contribution in [0.2, 0.25) is 0 Å². The summed E-state index contributed by atoms with van der Waals surface area (Å²) in [6, 6.07) is 0. The first-order chi connectivity index (χ1) is 13.0. The number of rotatable bonds is 21. The van der Waals surface area contributed by atoms with Crippen molar-refractivity contribution in [3.8, 4) is 0 Å². The van der Waals surface area contributed by atoms with Crippen LogP contribution in [0.25, 0.3) is 0 Å². The summed E-state index contributed by atoms with van der Waals surface area (Å²) in [6.45, 7) is 3.08. The number of carboxylic acid groups (broad SMARTS) is 1. The lowest BCUT2D eigenvalue weighted by Gasteiger charge is -2.08. The van der Waals surface area contributed by atoms with E-state index < -0.39 is 16.2 Å². The van der Waals surface area contributed by atoms with Crippen LogP contribution >= 0.6 is 0 Å². The fourth-order valence-electron chi connectivity index (χ4n) is 3.01. The molecule has 0 bridgehead atoms. The highest BCUT2D eigenvalue weighted by Crippen LogP contribution is 2.11. The summed E-state index contributed by atoms with van der Waals surface area (Å²) in [4.78, 5) is 10.4. The van der Waals surface area contributed by atoms with Crippen molar-refractivity contribution in [1.82, 2.24) is 9.44 Å². The van der Waals surface area contributed by atoms with E-state index in [0.717, 1.165) is 12.8 Å². The van der Waals surface area contributed by atoms with Crippen molar-refractivity contribution in [2.75, 3.05) is 13.1 Å². The van der Waals surface area contributed by atoms with Gasteiger partial charge in [0.1, 0.15) is 0 Å². The van der Waals surface area contributed by atoms with Crippen LogP contribution in [0.4, 0.5) is 0 Å². The van der Waals surface area contributed by atoms with Gasteiger partial charge in [0, 0.05) is 19.5 Å². The molecule has 3 N–H and O–H groups in total. The van der Waals surface area contributed by atoms with Gasteiger partial charge in [-0.05, 0) is 19.3 Å². The Labute approximate surface area is 167 Å². The highest BCUT2D eigenvalue weighted by atomic mass is 32.2. The minimum absolute atomic E-state index is 0.143. The third kappa shape index (κ3) is 21.5. The molecule has 7 heteroatoms. The van der Waals surface area contributed by atoms with Crippen LogP contribution in [0.5, 0.6) is 0 Å². The molecule has 27 heavy (non-hydrogen) atoms. The summed E-state index contributed by atoms with van der Waals surface area (Å²) >= 11 is 0. The van der Waals surface area contributed by atoms with Crippen LogP contribution in [-0.4, -0.2) is 32.6 Å². The lowest BCUT2D eigenvalue weighted by atomic mass is 10.1. The van der Waals surface area contributed by atoms with Crippen molar-refractivity contribution in [2.45, 2.75) is 110 Å². The summed E-state index contributed by atoms with van der Waals surface area (Å²) in [6.07, 6.45) is 17.2. The fraction of sp³-hybridized carbons (Fsp3) is 0.950. The first-order valence-corrected chi connectivity index (χ1v) is 12.4. The lowest BCUT2D eigenvalue weighted by molar-refractivity contribution is -0.137. The van der Waals surface area contributed by atoms with E-state index in [-0.39, 0.29) is 6.42 Å². The van der Waals surface area contributed by atoms with Gasteiger partial charge in [-0.2, -0.15) is 8.42 Å². The van der Waals surface area contributed by atoms with E-state index in [1.54, 1.807) is 0 Å². The Morgan fingerprint density at radius 3 is 1.44 bits per heavy atom. The molecule has 0 saturated carbocycles. The molecule has 0 fully saturated rings. The van der Waals surface area contributed by atoms with E-state index >= 15 is 0 Å². The maximum absolute atomic E-state index is 11.8. The summed E-state index contributed by atoms with van der Waals surface area (Å²) in [5.74, 6) is -0.806. The molecule has 0 aliphatic carbocycles. The molecule has 0 unspecified atom stereocenters. The molecule has 0 aromatic heterocycles. The molecule has 0 aliphatic heterocycles. The number of unbranched alkanes of at least 4 members (excludes halogenated alkanes) is 13. The Hall–Kier alpha value is -0.660. The second-order valence-corrected chi connectivity index (χ2v) is 8.97. The molecule has 0 aliphatic rings. The summed E-state index contributed by atoms with van der Waals surface area (Å²) < 4.78 is 28.6. The Kier molecular flexibility index (Phi) is 18.2. The van der Waals surface area contributed by atoms with Crippen molar-refractivity contribution in [3.05, 3.63) is 0 Å². The molecule has 0 heterocycles. The molecule has 0 aromatic carbocycles. The Bertz CT molecular complexity index is 441. The number of carbonyl (C=O) groups is 1. The van der Waals surface area contributed by atoms with Gasteiger partial charge in [-0.1, -0.05) is 84.0 Å². The smallest absolute Gasteiger partial charge is 0.303 e. The van der Waals surface area contributed by atoms with Crippen molar-refractivity contribution in [1.29, 1.82) is 0 Å². The second kappa shape index (κ2) is 18.7. The third-order valence-electron chi connectivity index (χ3n) is 4.68. The monoisotopic (exact) mass is 406 g/mol. The molecule has 0 aromatic rings. The predicted octanol–water partition coefficient (Wildman–Crippen LogP) is 4.76. The molecule has 6 nitrogen and oxygen atoms in total. The molecule has 0 radical (unpaired) electrons. The van der Waals surface area contributed by atoms with Crippen LogP contribution in [0, 0.1) is 0 Å². The molecule has 0 rings (SSSR count). The van der Waals surface area contributed by atoms with Gasteiger partial charge in [-0.25, -0.2) is 9.44 Å². The fourth-order valence-corrected chi connectivity index (χ4v) is 3.94. The summed E-state index contributed by atoms with van der Waals surface area (Å²) in [5.41, 5.74) is 0. The maximum atomic E-state index is 11.8. The van der Waals surface area contributed by atoms with Crippen molar-refractivity contribution in [2.24, 2.45) is 0 Å². The molecule has 0 amide bonds. The topological polar surface area (TPSA) is 95.5 Å². The minimum atomic E-state index is -3.42. The summed E-state index contributed by atoms with van der Waals surface area (Å²) in [7, 11) is -3.42. The van der Waals surface area contributed by atoms with Crippen LogP contribution in [-0.2, 0) is 15.0 Å². The van der Waals surface area contributed by atoms with Gasteiger partial charge in [0.25, 0.3) is 10.2 Å². The number of nitrogens with one attached hydrogen (secondary N) is 2. The quantitative estimate of drug-likeness (QED) is 0.240. The average molecular weight is 407 g/mol. The van der Waals surface area contributed by atoms with Gasteiger partial charge in [-0.15, -0.1) is 0 Å².